The molecule has 8 heteroatoms. The van der Waals surface area contributed by atoms with Gasteiger partial charge in [0.05, 0.1) is 26.1 Å². The quantitative estimate of drug-likeness (QED) is 0.842. The standard InChI is InChI=1S/C17H20FN3O4/c1-2-15(22)19-9-13-10-21(17(24)25-13)12-3-4-14-11(7-12)8-16(23)20(14)6-5-18/h3-4,7,13H,2,5-6,8-10H2,1H3,(H,19,22)/t13-/m0/s1. The Hall–Kier alpha value is -2.64. The molecule has 0 radical (unpaired) electrons. The molecule has 1 atom stereocenters. The smallest absolute Gasteiger partial charge is 0.414 e. The average molecular weight is 349 g/mol. The highest BCUT2D eigenvalue weighted by Crippen LogP contribution is 2.33. The van der Waals surface area contributed by atoms with Crippen LogP contribution in [0.25, 0.3) is 0 Å². The van der Waals surface area contributed by atoms with Gasteiger partial charge in [-0.3, -0.25) is 14.5 Å². The summed E-state index contributed by atoms with van der Waals surface area (Å²) < 4.78 is 17.9. The van der Waals surface area contributed by atoms with Gasteiger partial charge in [-0.25, -0.2) is 9.18 Å². The van der Waals surface area contributed by atoms with Gasteiger partial charge in [0.15, 0.2) is 0 Å². The highest BCUT2D eigenvalue weighted by molar-refractivity contribution is 6.02. The van der Waals surface area contributed by atoms with Gasteiger partial charge in [-0.1, -0.05) is 6.92 Å². The second kappa shape index (κ2) is 7.08. The lowest BCUT2D eigenvalue weighted by Gasteiger charge is -2.17. The van der Waals surface area contributed by atoms with E-state index in [1.165, 1.54) is 9.80 Å². The van der Waals surface area contributed by atoms with E-state index in [1.54, 1.807) is 25.1 Å². The molecule has 134 valence electrons. The summed E-state index contributed by atoms with van der Waals surface area (Å²) in [5.41, 5.74) is 2.08. The number of alkyl halides is 1. The second-order valence-corrected chi connectivity index (χ2v) is 6.00. The molecule has 1 aromatic rings. The fourth-order valence-electron chi connectivity index (χ4n) is 3.06. The summed E-state index contributed by atoms with van der Waals surface area (Å²) >= 11 is 0. The predicted octanol–water partition coefficient (Wildman–Crippen LogP) is 1.40. The number of anilines is 2. The van der Waals surface area contributed by atoms with E-state index in [9.17, 15) is 18.8 Å². The molecule has 1 aromatic carbocycles. The third-order valence-corrected chi connectivity index (χ3v) is 4.34. The van der Waals surface area contributed by atoms with Crippen LogP contribution in [-0.2, 0) is 20.7 Å². The van der Waals surface area contributed by atoms with Gasteiger partial charge < -0.3 is 15.0 Å². The van der Waals surface area contributed by atoms with Crippen LogP contribution in [-0.4, -0.2) is 50.3 Å². The zero-order valence-corrected chi connectivity index (χ0v) is 14.0. The maximum atomic E-state index is 12.6. The normalized spacial score (nSPS) is 19.2. The lowest BCUT2D eigenvalue weighted by atomic mass is 10.1. The topological polar surface area (TPSA) is 79.0 Å². The second-order valence-electron chi connectivity index (χ2n) is 6.00. The summed E-state index contributed by atoms with van der Waals surface area (Å²) in [5.74, 6) is -0.243. The fraction of sp³-hybridized carbons (Fsp3) is 0.471. The predicted molar refractivity (Wildman–Crippen MR) is 89.4 cm³/mol. The number of amides is 3. The monoisotopic (exact) mass is 349 g/mol. The number of hydrogen-bond donors (Lipinski definition) is 1. The van der Waals surface area contributed by atoms with Crippen LogP contribution in [0, 0.1) is 0 Å². The summed E-state index contributed by atoms with van der Waals surface area (Å²) in [4.78, 5) is 38.3. The third kappa shape index (κ3) is 3.42. The van der Waals surface area contributed by atoms with E-state index in [2.05, 4.69) is 5.32 Å². The largest absolute Gasteiger partial charge is 0.442 e. The molecule has 2 heterocycles. The Morgan fingerprint density at radius 3 is 2.92 bits per heavy atom. The first-order chi connectivity index (χ1) is 12.0. The molecule has 0 aromatic heterocycles. The molecule has 3 rings (SSSR count). The molecule has 0 spiro atoms. The molecule has 0 bridgehead atoms. The van der Waals surface area contributed by atoms with Crippen molar-refractivity contribution in [2.24, 2.45) is 0 Å². The van der Waals surface area contributed by atoms with E-state index in [4.69, 9.17) is 4.74 Å². The summed E-state index contributed by atoms with van der Waals surface area (Å²) in [6, 6.07) is 5.21. The van der Waals surface area contributed by atoms with Crippen molar-refractivity contribution in [2.75, 3.05) is 36.1 Å². The minimum absolute atomic E-state index is 0.0378. The molecular weight excluding hydrogens is 329 g/mol. The van der Waals surface area contributed by atoms with Gasteiger partial charge in [0, 0.05) is 17.8 Å². The first-order valence-corrected chi connectivity index (χ1v) is 8.27. The summed E-state index contributed by atoms with van der Waals surface area (Å²) in [5, 5.41) is 2.70. The van der Waals surface area contributed by atoms with E-state index in [0.717, 1.165) is 5.56 Å². The van der Waals surface area contributed by atoms with Crippen molar-refractivity contribution in [3.05, 3.63) is 23.8 Å². The molecule has 0 saturated carbocycles. The van der Waals surface area contributed by atoms with Gasteiger partial charge in [-0.15, -0.1) is 0 Å². The number of carbonyl (C=O) groups is 3. The fourth-order valence-corrected chi connectivity index (χ4v) is 3.06. The zero-order chi connectivity index (χ0) is 18.0. The molecule has 0 aliphatic carbocycles. The van der Waals surface area contributed by atoms with Crippen molar-refractivity contribution in [1.29, 1.82) is 0 Å². The summed E-state index contributed by atoms with van der Waals surface area (Å²) in [6.07, 6.45) is -0.331. The van der Waals surface area contributed by atoms with Crippen molar-refractivity contribution in [1.82, 2.24) is 5.32 Å². The van der Waals surface area contributed by atoms with Gasteiger partial charge >= 0.3 is 6.09 Å². The number of nitrogens with zero attached hydrogens (tertiary/aromatic N) is 2. The first kappa shape index (κ1) is 17.2. The van der Waals surface area contributed by atoms with Crippen LogP contribution in [0.4, 0.5) is 20.6 Å². The number of benzene rings is 1. The van der Waals surface area contributed by atoms with Crippen LogP contribution >= 0.6 is 0 Å². The van der Waals surface area contributed by atoms with E-state index in [1.807, 2.05) is 0 Å². The minimum atomic E-state index is -0.601. The van der Waals surface area contributed by atoms with Crippen molar-refractivity contribution in [3.63, 3.8) is 0 Å². The van der Waals surface area contributed by atoms with E-state index >= 15 is 0 Å². The van der Waals surface area contributed by atoms with Crippen LogP contribution in [0.3, 0.4) is 0 Å². The molecule has 1 saturated heterocycles. The number of nitrogens with one attached hydrogen (secondary N) is 1. The van der Waals surface area contributed by atoms with Crippen LogP contribution < -0.4 is 15.1 Å². The van der Waals surface area contributed by atoms with Crippen LogP contribution in [0.5, 0.6) is 0 Å². The number of carbonyl (C=O) groups excluding carboxylic acids is 3. The Labute approximate surface area is 144 Å². The first-order valence-electron chi connectivity index (χ1n) is 8.27. The maximum absolute atomic E-state index is 12.6. The van der Waals surface area contributed by atoms with Gasteiger partial charge in [-0.2, -0.15) is 0 Å². The molecule has 0 unspecified atom stereocenters. The van der Waals surface area contributed by atoms with Gasteiger partial charge in [0.1, 0.15) is 12.8 Å². The lowest BCUT2D eigenvalue weighted by Crippen LogP contribution is -2.34. The van der Waals surface area contributed by atoms with Crippen molar-refractivity contribution in [3.8, 4) is 0 Å². The van der Waals surface area contributed by atoms with Crippen LogP contribution in [0.1, 0.15) is 18.9 Å². The molecule has 2 aliphatic rings. The number of cyclic esters (lactones) is 1. The third-order valence-electron chi connectivity index (χ3n) is 4.34. The number of ether oxygens (including phenoxy) is 1. The molecular formula is C17H20FN3O4. The lowest BCUT2D eigenvalue weighted by molar-refractivity contribution is -0.121. The average Bonchev–Trinajstić information content (AvgIpc) is 3.12. The maximum Gasteiger partial charge on any atom is 0.414 e. The van der Waals surface area contributed by atoms with Gasteiger partial charge in [0.2, 0.25) is 11.8 Å². The van der Waals surface area contributed by atoms with Crippen molar-refractivity contribution < 1.29 is 23.5 Å². The highest BCUT2D eigenvalue weighted by Gasteiger charge is 2.34. The zero-order valence-electron chi connectivity index (χ0n) is 14.0. The Morgan fingerprint density at radius 1 is 1.40 bits per heavy atom. The van der Waals surface area contributed by atoms with Crippen molar-refractivity contribution >= 4 is 29.3 Å². The minimum Gasteiger partial charge on any atom is -0.442 e. The Bertz CT molecular complexity index is 709. The van der Waals surface area contributed by atoms with Gasteiger partial charge in [-0.05, 0) is 23.8 Å². The number of fused-ring (bicyclic) bond motifs is 1. The Kier molecular flexibility index (Phi) is 4.87. The molecule has 1 N–H and O–H groups in total. The number of hydrogen-bond acceptors (Lipinski definition) is 4. The number of rotatable bonds is 6. The van der Waals surface area contributed by atoms with E-state index < -0.39 is 18.9 Å². The Morgan fingerprint density at radius 2 is 2.20 bits per heavy atom. The van der Waals surface area contributed by atoms with E-state index in [-0.39, 0.29) is 31.3 Å². The Balaban J connectivity index is 1.71. The van der Waals surface area contributed by atoms with Crippen LogP contribution in [0.2, 0.25) is 0 Å². The number of halogens is 1. The molecule has 25 heavy (non-hydrogen) atoms. The SMILES string of the molecule is CCC(=O)NC[C@H]1CN(c2ccc3c(c2)CC(=O)N3CCF)C(=O)O1. The van der Waals surface area contributed by atoms with Gasteiger partial charge in [0.25, 0.3) is 0 Å². The molecule has 7 nitrogen and oxygen atoms in total. The summed E-state index contributed by atoms with van der Waals surface area (Å²) in [7, 11) is 0. The molecule has 3 amide bonds. The summed E-state index contributed by atoms with van der Waals surface area (Å²) in [6.45, 7) is 1.78. The van der Waals surface area contributed by atoms with Crippen LogP contribution in [0.15, 0.2) is 18.2 Å². The van der Waals surface area contributed by atoms with E-state index in [0.29, 0.717) is 24.3 Å². The van der Waals surface area contributed by atoms with Crippen molar-refractivity contribution in [2.45, 2.75) is 25.9 Å². The highest BCUT2D eigenvalue weighted by atomic mass is 19.1. The molecule has 1 fully saturated rings. The molecule has 2 aliphatic heterocycles.